The van der Waals surface area contributed by atoms with Gasteiger partial charge in [-0.1, -0.05) is 12.1 Å². The molecule has 0 aliphatic heterocycles. The van der Waals surface area contributed by atoms with Gasteiger partial charge in [0.1, 0.15) is 17.3 Å². The minimum Gasteiger partial charge on any atom is -0.347 e. The molecule has 4 aromatic rings. The van der Waals surface area contributed by atoms with Gasteiger partial charge in [-0.2, -0.15) is 5.10 Å². The fraction of sp³-hybridized carbons (Fsp3) is 0.136. The first-order valence-electron chi connectivity index (χ1n) is 9.60. The molecule has 0 saturated heterocycles. The molecule has 3 N–H and O–H groups in total. The summed E-state index contributed by atoms with van der Waals surface area (Å²) >= 11 is 0. The van der Waals surface area contributed by atoms with E-state index in [0.717, 1.165) is 11.4 Å². The van der Waals surface area contributed by atoms with Gasteiger partial charge in [0, 0.05) is 41.8 Å². The summed E-state index contributed by atoms with van der Waals surface area (Å²) in [6.07, 6.45) is 1.55. The first kappa shape index (κ1) is 20.1. The minimum absolute atomic E-state index is 0.211. The predicted molar refractivity (Wildman–Crippen MR) is 114 cm³/mol. The Morgan fingerprint density at radius 3 is 2.65 bits per heavy atom. The lowest BCUT2D eigenvalue weighted by Crippen LogP contribution is -2.23. The third kappa shape index (κ3) is 5.08. The van der Waals surface area contributed by atoms with Gasteiger partial charge in [0.15, 0.2) is 11.6 Å². The molecular formula is C22H20FN7O. The zero-order valence-electron chi connectivity index (χ0n) is 17.0. The summed E-state index contributed by atoms with van der Waals surface area (Å²) in [5, 5.41) is 12.9. The topological polar surface area (TPSA) is 108 Å². The van der Waals surface area contributed by atoms with Crippen LogP contribution in [0.2, 0.25) is 0 Å². The van der Waals surface area contributed by atoms with E-state index in [9.17, 15) is 9.18 Å². The number of aryl methyl sites for hydroxylation is 2. The highest BCUT2D eigenvalue weighted by atomic mass is 19.1. The Balaban J connectivity index is 1.46. The maximum Gasteiger partial charge on any atom is 0.270 e. The Morgan fingerprint density at radius 2 is 1.94 bits per heavy atom. The summed E-state index contributed by atoms with van der Waals surface area (Å²) in [7, 11) is 0. The van der Waals surface area contributed by atoms with Crippen LogP contribution in [0.1, 0.15) is 27.4 Å². The van der Waals surface area contributed by atoms with Gasteiger partial charge in [-0.15, -0.1) is 0 Å². The normalized spacial score (nSPS) is 10.7. The van der Waals surface area contributed by atoms with Crippen molar-refractivity contribution in [3.05, 3.63) is 83.2 Å². The summed E-state index contributed by atoms with van der Waals surface area (Å²) < 4.78 is 13.3. The van der Waals surface area contributed by atoms with Crippen LogP contribution in [0.3, 0.4) is 0 Å². The molecule has 0 fully saturated rings. The molecule has 8 nitrogen and oxygen atoms in total. The zero-order valence-corrected chi connectivity index (χ0v) is 17.0. The number of rotatable bonds is 6. The summed E-state index contributed by atoms with van der Waals surface area (Å²) in [6, 6.07) is 13.1. The average Bonchev–Trinajstić information content (AvgIpc) is 3.16. The Morgan fingerprint density at radius 1 is 1.06 bits per heavy atom. The Bertz CT molecular complexity index is 1220. The van der Waals surface area contributed by atoms with Crippen LogP contribution in [0.5, 0.6) is 0 Å². The molecule has 3 heterocycles. The van der Waals surface area contributed by atoms with Gasteiger partial charge in [0.05, 0.1) is 0 Å². The molecule has 1 aromatic carbocycles. The zero-order chi connectivity index (χ0) is 21.8. The molecule has 0 spiro atoms. The average molecular weight is 417 g/mol. The lowest BCUT2D eigenvalue weighted by Gasteiger charge is -2.08. The molecule has 0 aliphatic rings. The number of nitrogens with zero attached hydrogens (tertiary/aromatic N) is 4. The fourth-order valence-electron chi connectivity index (χ4n) is 2.96. The van der Waals surface area contributed by atoms with Crippen molar-refractivity contribution in [2.24, 2.45) is 0 Å². The first-order chi connectivity index (χ1) is 15.0. The fourth-order valence-corrected chi connectivity index (χ4v) is 2.96. The van der Waals surface area contributed by atoms with Crippen molar-refractivity contribution in [2.45, 2.75) is 20.4 Å². The van der Waals surface area contributed by atoms with E-state index in [1.807, 2.05) is 26.0 Å². The SMILES string of the molecule is Cc1cc(Nc2cc(C)[nH]n2)nc(-c2ccc(C(=O)NCc3cccc(F)c3)nc2)n1. The predicted octanol–water partition coefficient (Wildman–Crippen LogP) is 3.69. The lowest BCUT2D eigenvalue weighted by atomic mass is 10.2. The second kappa shape index (κ2) is 8.70. The van der Waals surface area contributed by atoms with Crippen molar-refractivity contribution >= 4 is 17.5 Å². The van der Waals surface area contributed by atoms with E-state index in [-0.39, 0.29) is 24.0 Å². The van der Waals surface area contributed by atoms with Crippen molar-refractivity contribution < 1.29 is 9.18 Å². The minimum atomic E-state index is -0.350. The number of hydrogen-bond acceptors (Lipinski definition) is 6. The summed E-state index contributed by atoms with van der Waals surface area (Å²) in [5.74, 6) is 1.05. The number of halogens is 1. The van der Waals surface area contributed by atoms with Crippen LogP contribution in [0.25, 0.3) is 11.4 Å². The Hall–Kier alpha value is -4.14. The van der Waals surface area contributed by atoms with E-state index in [1.54, 1.807) is 30.5 Å². The molecule has 9 heteroatoms. The molecule has 156 valence electrons. The van der Waals surface area contributed by atoms with Crippen molar-refractivity contribution in [1.82, 2.24) is 30.5 Å². The highest BCUT2D eigenvalue weighted by Gasteiger charge is 2.11. The molecule has 0 aliphatic carbocycles. The summed E-state index contributed by atoms with van der Waals surface area (Å²) in [6.45, 7) is 3.99. The van der Waals surface area contributed by atoms with Crippen LogP contribution in [-0.4, -0.2) is 31.1 Å². The number of benzene rings is 1. The second-order valence-electron chi connectivity index (χ2n) is 7.02. The number of anilines is 2. The van der Waals surface area contributed by atoms with Crippen molar-refractivity contribution in [1.29, 1.82) is 0 Å². The molecule has 31 heavy (non-hydrogen) atoms. The molecular weight excluding hydrogens is 397 g/mol. The smallest absolute Gasteiger partial charge is 0.270 e. The van der Waals surface area contributed by atoms with Crippen molar-refractivity contribution in [2.75, 3.05) is 5.32 Å². The van der Waals surface area contributed by atoms with Crippen LogP contribution in [0.4, 0.5) is 16.0 Å². The van der Waals surface area contributed by atoms with Crippen LogP contribution in [-0.2, 0) is 6.54 Å². The monoisotopic (exact) mass is 417 g/mol. The van der Waals surface area contributed by atoms with E-state index in [4.69, 9.17) is 0 Å². The number of aromatic amines is 1. The molecule has 0 atom stereocenters. The van der Waals surface area contributed by atoms with Gasteiger partial charge in [0.2, 0.25) is 0 Å². The molecule has 0 bridgehead atoms. The maximum atomic E-state index is 13.3. The van der Waals surface area contributed by atoms with Crippen LogP contribution in [0.15, 0.2) is 54.7 Å². The van der Waals surface area contributed by atoms with E-state index in [1.165, 1.54) is 12.1 Å². The third-order valence-corrected chi connectivity index (χ3v) is 4.41. The van der Waals surface area contributed by atoms with Crippen molar-refractivity contribution in [3.63, 3.8) is 0 Å². The van der Waals surface area contributed by atoms with E-state index in [0.29, 0.717) is 28.6 Å². The van der Waals surface area contributed by atoms with Gasteiger partial charge < -0.3 is 10.6 Å². The van der Waals surface area contributed by atoms with Gasteiger partial charge in [0.25, 0.3) is 5.91 Å². The molecule has 1 amide bonds. The maximum absolute atomic E-state index is 13.3. The standard InChI is InChI=1S/C22H20FN7O/c1-13-8-19(27-20-9-14(2)29-30-20)28-21(26-13)16-6-7-18(24-12-16)22(31)25-11-15-4-3-5-17(23)10-15/h3-10,12H,11H2,1-2H3,(H,25,31)(H2,26,27,28,29,30). The van der Waals surface area contributed by atoms with E-state index in [2.05, 4.69) is 35.8 Å². The first-order valence-corrected chi connectivity index (χ1v) is 9.60. The van der Waals surface area contributed by atoms with Gasteiger partial charge in [-0.25, -0.2) is 14.4 Å². The van der Waals surface area contributed by atoms with Crippen LogP contribution < -0.4 is 10.6 Å². The van der Waals surface area contributed by atoms with Crippen LogP contribution in [0, 0.1) is 19.7 Å². The largest absolute Gasteiger partial charge is 0.347 e. The Kier molecular flexibility index (Phi) is 5.65. The lowest BCUT2D eigenvalue weighted by molar-refractivity contribution is 0.0946. The number of H-pyrrole nitrogens is 1. The van der Waals surface area contributed by atoms with Crippen LogP contribution >= 0.6 is 0 Å². The molecule has 0 saturated carbocycles. The molecule has 3 aromatic heterocycles. The highest BCUT2D eigenvalue weighted by Crippen LogP contribution is 2.20. The van der Waals surface area contributed by atoms with Gasteiger partial charge in [-0.05, 0) is 43.7 Å². The quantitative estimate of drug-likeness (QED) is 0.442. The highest BCUT2D eigenvalue weighted by molar-refractivity contribution is 5.92. The second-order valence-corrected chi connectivity index (χ2v) is 7.02. The molecule has 0 radical (unpaired) electrons. The number of carbonyl (C=O) groups excluding carboxylic acids is 1. The number of aromatic nitrogens is 5. The summed E-state index contributed by atoms with van der Waals surface area (Å²) in [5.41, 5.74) is 3.30. The van der Waals surface area contributed by atoms with Gasteiger partial charge >= 0.3 is 0 Å². The Labute approximate surface area is 178 Å². The molecule has 0 unspecified atom stereocenters. The third-order valence-electron chi connectivity index (χ3n) is 4.41. The van der Waals surface area contributed by atoms with Crippen molar-refractivity contribution in [3.8, 4) is 11.4 Å². The van der Waals surface area contributed by atoms with Gasteiger partial charge in [-0.3, -0.25) is 14.9 Å². The number of amides is 1. The number of carbonyl (C=O) groups is 1. The number of pyridine rings is 1. The number of nitrogens with one attached hydrogen (secondary N) is 3. The molecule has 4 rings (SSSR count). The van der Waals surface area contributed by atoms with E-state index >= 15 is 0 Å². The summed E-state index contributed by atoms with van der Waals surface area (Å²) in [4.78, 5) is 25.5. The number of hydrogen-bond donors (Lipinski definition) is 3. The van der Waals surface area contributed by atoms with E-state index < -0.39 is 0 Å².